The zero-order valence-corrected chi connectivity index (χ0v) is 10.3. The van der Waals surface area contributed by atoms with E-state index in [-0.39, 0.29) is 12.0 Å². The summed E-state index contributed by atoms with van der Waals surface area (Å²) in [6, 6.07) is 3.38. The molecule has 96 valence electrons. The largest absolute Gasteiger partial charge is 0.388 e. The van der Waals surface area contributed by atoms with Crippen LogP contribution in [0.15, 0.2) is 18.3 Å². The molecule has 1 aromatic heterocycles. The van der Waals surface area contributed by atoms with Gasteiger partial charge in [0.15, 0.2) is 12.0 Å². The minimum absolute atomic E-state index is 0.133. The van der Waals surface area contributed by atoms with Crippen LogP contribution >= 0.6 is 0 Å². The van der Waals surface area contributed by atoms with Gasteiger partial charge in [-0.2, -0.15) is 5.10 Å². The number of rotatable bonds is 2. The Bertz CT molecular complexity index is 561. The molecule has 0 radical (unpaired) electrons. The first-order chi connectivity index (χ1) is 8.79. The van der Waals surface area contributed by atoms with E-state index in [2.05, 4.69) is 10.4 Å². The third-order valence-electron chi connectivity index (χ3n) is 3.36. The highest BCUT2D eigenvalue weighted by atomic mass is 19.1. The average molecular weight is 249 g/mol. The number of ether oxygens (including phenoxy) is 1. The Morgan fingerprint density at radius 1 is 1.44 bits per heavy atom. The van der Waals surface area contributed by atoms with E-state index in [1.54, 1.807) is 17.9 Å². The van der Waals surface area contributed by atoms with Crippen molar-refractivity contribution in [1.29, 1.82) is 0 Å². The van der Waals surface area contributed by atoms with Gasteiger partial charge in [-0.15, -0.1) is 0 Å². The number of nitrogens with zero attached hydrogens (tertiary/aromatic N) is 2. The molecule has 1 aromatic carbocycles. The molecule has 0 amide bonds. The fraction of sp³-hybridized carbons (Fsp3) is 0.462. The van der Waals surface area contributed by atoms with Crippen molar-refractivity contribution in [2.24, 2.45) is 0 Å². The Hall–Kier alpha value is -1.62. The molecule has 2 heterocycles. The van der Waals surface area contributed by atoms with Crippen LogP contribution in [-0.4, -0.2) is 23.4 Å². The molecule has 1 aliphatic heterocycles. The molecular weight excluding hydrogens is 233 g/mol. The topological polar surface area (TPSA) is 39.1 Å². The van der Waals surface area contributed by atoms with E-state index >= 15 is 0 Å². The maximum atomic E-state index is 14.1. The molecule has 3 rings (SSSR count). The molecule has 18 heavy (non-hydrogen) atoms. The van der Waals surface area contributed by atoms with Crippen LogP contribution in [0.1, 0.15) is 25.5 Å². The fourth-order valence-electron chi connectivity index (χ4n) is 2.42. The maximum absolute atomic E-state index is 14.1. The second kappa shape index (κ2) is 4.57. The number of benzene rings is 1. The lowest BCUT2D eigenvalue weighted by atomic mass is 10.2. The van der Waals surface area contributed by atoms with Crippen molar-refractivity contribution >= 4 is 16.6 Å². The molecular formula is C13H16FN3O. The Labute approximate surface area is 105 Å². The molecule has 0 aliphatic carbocycles. The standard InChI is InChI=1S/C13H16FN3O/c1-15-10-6-9-8-16-17(13(9)11(14)7-10)12-4-2-3-5-18-12/h6-8,12,15H,2-5H2,1H3. The molecule has 1 unspecified atom stereocenters. The fourth-order valence-corrected chi connectivity index (χ4v) is 2.42. The summed E-state index contributed by atoms with van der Waals surface area (Å²) in [6.07, 6.45) is 4.62. The minimum Gasteiger partial charge on any atom is -0.388 e. The summed E-state index contributed by atoms with van der Waals surface area (Å²) in [4.78, 5) is 0. The van der Waals surface area contributed by atoms with Gasteiger partial charge < -0.3 is 10.1 Å². The predicted molar refractivity (Wildman–Crippen MR) is 68.1 cm³/mol. The number of hydrogen-bond donors (Lipinski definition) is 1. The Balaban J connectivity index is 2.07. The van der Waals surface area contributed by atoms with E-state index in [4.69, 9.17) is 4.74 Å². The Kier molecular flexibility index (Phi) is 2.91. The van der Waals surface area contributed by atoms with Crippen molar-refractivity contribution in [3.63, 3.8) is 0 Å². The van der Waals surface area contributed by atoms with Gasteiger partial charge in [-0.1, -0.05) is 0 Å². The molecule has 4 nitrogen and oxygen atoms in total. The normalized spacial score (nSPS) is 20.2. The van der Waals surface area contributed by atoms with Crippen LogP contribution in [0, 0.1) is 5.82 Å². The van der Waals surface area contributed by atoms with Crippen molar-refractivity contribution in [3.8, 4) is 0 Å². The van der Waals surface area contributed by atoms with Crippen LogP contribution in [0.3, 0.4) is 0 Å². The summed E-state index contributed by atoms with van der Waals surface area (Å²) in [5.74, 6) is -0.261. The zero-order chi connectivity index (χ0) is 12.5. The lowest BCUT2D eigenvalue weighted by molar-refractivity contribution is -0.0369. The second-order valence-corrected chi connectivity index (χ2v) is 4.56. The van der Waals surface area contributed by atoms with E-state index in [1.807, 2.05) is 6.07 Å². The number of fused-ring (bicyclic) bond motifs is 1. The highest BCUT2D eigenvalue weighted by Gasteiger charge is 2.20. The van der Waals surface area contributed by atoms with Crippen molar-refractivity contribution in [3.05, 3.63) is 24.1 Å². The van der Waals surface area contributed by atoms with Crippen LogP contribution in [0.4, 0.5) is 10.1 Å². The second-order valence-electron chi connectivity index (χ2n) is 4.56. The van der Waals surface area contributed by atoms with Gasteiger partial charge in [0, 0.05) is 24.7 Å². The van der Waals surface area contributed by atoms with Gasteiger partial charge >= 0.3 is 0 Å². The zero-order valence-electron chi connectivity index (χ0n) is 10.3. The monoisotopic (exact) mass is 249 g/mol. The summed E-state index contributed by atoms with van der Waals surface area (Å²) in [7, 11) is 1.77. The molecule has 1 atom stereocenters. The summed E-state index contributed by atoms with van der Waals surface area (Å²) in [5, 5.41) is 8.02. The van der Waals surface area contributed by atoms with Crippen LogP contribution in [-0.2, 0) is 4.74 Å². The highest BCUT2D eigenvalue weighted by Crippen LogP contribution is 2.29. The first-order valence-corrected chi connectivity index (χ1v) is 6.25. The third-order valence-corrected chi connectivity index (χ3v) is 3.36. The Morgan fingerprint density at radius 3 is 3.06 bits per heavy atom. The first-order valence-electron chi connectivity index (χ1n) is 6.25. The molecule has 1 aliphatic rings. The molecule has 0 spiro atoms. The lowest BCUT2D eigenvalue weighted by Crippen LogP contribution is -2.19. The summed E-state index contributed by atoms with van der Waals surface area (Å²) in [6.45, 7) is 0.724. The Morgan fingerprint density at radius 2 is 2.33 bits per heavy atom. The number of nitrogens with one attached hydrogen (secondary N) is 1. The van der Waals surface area contributed by atoms with E-state index < -0.39 is 0 Å². The van der Waals surface area contributed by atoms with E-state index in [9.17, 15) is 4.39 Å². The van der Waals surface area contributed by atoms with Gasteiger partial charge in [0.25, 0.3) is 0 Å². The van der Waals surface area contributed by atoms with Crippen LogP contribution in [0.25, 0.3) is 10.9 Å². The van der Waals surface area contributed by atoms with Crippen LogP contribution in [0.5, 0.6) is 0 Å². The molecule has 5 heteroatoms. The SMILES string of the molecule is CNc1cc(F)c2c(cnn2C2CCCCO2)c1. The molecule has 2 aromatic rings. The van der Waals surface area contributed by atoms with Gasteiger partial charge in [-0.25, -0.2) is 9.07 Å². The highest BCUT2D eigenvalue weighted by molar-refractivity contribution is 5.83. The molecule has 0 saturated carbocycles. The molecule has 1 N–H and O–H groups in total. The van der Waals surface area contributed by atoms with Crippen molar-refractivity contribution in [2.45, 2.75) is 25.5 Å². The number of anilines is 1. The smallest absolute Gasteiger partial charge is 0.151 e. The van der Waals surface area contributed by atoms with E-state index in [1.165, 1.54) is 6.07 Å². The van der Waals surface area contributed by atoms with Gasteiger partial charge in [0.2, 0.25) is 0 Å². The minimum atomic E-state index is -0.261. The number of aromatic nitrogens is 2. The summed E-state index contributed by atoms with van der Waals surface area (Å²) >= 11 is 0. The van der Waals surface area contributed by atoms with Gasteiger partial charge in [-0.3, -0.25) is 0 Å². The van der Waals surface area contributed by atoms with Crippen LogP contribution < -0.4 is 5.32 Å². The number of hydrogen-bond acceptors (Lipinski definition) is 3. The quantitative estimate of drug-likeness (QED) is 0.889. The van der Waals surface area contributed by atoms with Crippen molar-refractivity contribution in [1.82, 2.24) is 9.78 Å². The van der Waals surface area contributed by atoms with Crippen LogP contribution in [0.2, 0.25) is 0 Å². The third kappa shape index (κ3) is 1.84. The predicted octanol–water partition coefficient (Wildman–Crippen LogP) is 2.92. The summed E-state index contributed by atoms with van der Waals surface area (Å²) in [5.41, 5.74) is 1.28. The maximum Gasteiger partial charge on any atom is 0.151 e. The van der Waals surface area contributed by atoms with E-state index in [0.29, 0.717) is 5.52 Å². The summed E-state index contributed by atoms with van der Waals surface area (Å²) < 4.78 is 21.5. The van der Waals surface area contributed by atoms with E-state index in [0.717, 1.165) is 36.9 Å². The molecule has 1 saturated heterocycles. The molecule has 1 fully saturated rings. The first kappa shape index (κ1) is 11.5. The van der Waals surface area contributed by atoms with Gasteiger partial charge in [0.05, 0.1) is 6.20 Å². The van der Waals surface area contributed by atoms with Gasteiger partial charge in [0.1, 0.15) is 5.52 Å². The number of halogens is 1. The van der Waals surface area contributed by atoms with Gasteiger partial charge in [-0.05, 0) is 31.4 Å². The van der Waals surface area contributed by atoms with Crippen molar-refractivity contribution < 1.29 is 9.13 Å². The average Bonchev–Trinajstić information content (AvgIpc) is 2.84. The molecule has 0 bridgehead atoms. The van der Waals surface area contributed by atoms with Crippen molar-refractivity contribution in [2.75, 3.05) is 19.0 Å². The lowest BCUT2D eigenvalue weighted by Gasteiger charge is -2.23.